The van der Waals surface area contributed by atoms with Crippen molar-refractivity contribution in [2.24, 2.45) is 0 Å². The number of phenolic OH excluding ortho intramolecular Hbond substituents is 1. The Bertz CT molecular complexity index is 757. The van der Waals surface area contributed by atoms with Crippen LogP contribution in [0, 0.1) is 11.3 Å². The Morgan fingerprint density at radius 1 is 1.32 bits per heavy atom. The Labute approximate surface area is 128 Å². The largest absolute Gasteiger partial charge is 0.504 e. The van der Waals surface area contributed by atoms with Gasteiger partial charge in [-0.3, -0.25) is 4.79 Å². The number of carbonyl (C=O) groups is 1. The molecule has 0 heterocycles. The lowest BCUT2D eigenvalue weighted by Crippen LogP contribution is -1.95. The number of hydrogen-bond acceptors (Lipinski definition) is 4. The van der Waals surface area contributed by atoms with Crippen LogP contribution in [-0.2, 0) is 0 Å². The van der Waals surface area contributed by atoms with Crippen LogP contribution in [0.2, 0.25) is 0 Å². The van der Waals surface area contributed by atoms with E-state index < -0.39 is 0 Å². The molecule has 22 heavy (non-hydrogen) atoms. The van der Waals surface area contributed by atoms with Gasteiger partial charge in [-0.05, 0) is 42.8 Å². The van der Waals surface area contributed by atoms with Crippen LogP contribution in [0.3, 0.4) is 0 Å². The minimum absolute atomic E-state index is 0.0621. The molecule has 0 atom stereocenters. The Kier molecular flexibility index (Phi) is 4.94. The van der Waals surface area contributed by atoms with Crippen LogP contribution in [0.4, 0.5) is 0 Å². The second kappa shape index (κ2) is 7.09. The van der Waals surface area contributed by atoms with Gasteiger partial charge in [0.2, 0.25) is 0 Å². The maximum atomic E-state index is 12.1. The number of ketones is 1. The van der Waals surface area contributed by atoms with Gasteiger partial charge in [-0.1, -0.05) is 24.3 Å². The molecule has 2 rings (SSSR count). The Hall–Kier alpha value is -3.06. The summed E-state index contributed by atoms with van der Waals surface area (Å²) in [6.07, 6.45) is 3.07. The summed E-state index contributed by atoms with van der Waals surface area (Å²) in [5.74, 6) is 0.249. The highest BCUT2D eigenvalue weighted by molar-refractivity contribution is 6.07. The van der Waals surface area contributed by atoms with Crippen LogP contribution in [-0.4, -0.2) is 17.5 Å². The van der Waals surface area contributed by atoms with Gasteiger partial charge in [-0.2, -0.15) is 5.26 Å². The van der Waals surface area contributed by atoms with Gasteiger partial charge < -0.3 is 9.84 Å². The van der Waals surface area contributed by atoms with Crippen molar-refractivity contribution in [3.8, 4) is 17.6 Å². The van der Waals surface area contributed by atoms with Gasteiger partial charge in [-0.15, -0.1) is 0 Å². The second-order valence-electron chi connectivity index (χ2n) is 4.55. The third-order valence-corrected chi connectivity index (χ3v) is 2.99. The maximum Gasteiger partial charge on any atom is 0.185 e. The third-order valence-electron chi connectivity index (χ3n) is 2.99. The molecule has 0 unspecified atom stereocenters. The molecular formula is C18H15NO3. The molecule has 1 N–H and O–H groups in total. The van der Waals surface area contributed by atoms with Gasteiger partial charge in [0.05, 0.1) is 18.2 Å². The van der Waals surface area contributed by atoms with Gasteiger partial charge in [0.15, 0.2) is 17.3 Å². The molecule has 0 radical (unpaired) electrons. The van der Waals surface area contributed by atoms with Crippen LogP contribution in [0.1, 0.15) is 28.4 Å². The van der Waals surface area contributed by atoms with Crippen molar-refractivity contribution >= 4 is 11.9 Å². The first-order valence-electron chi connectivity index (χ1n) is 6.82. The third kappa shape index (κ3) is 3.74. The SMILES string of the molecule is CCOc1cc(/C=C/C(=O)c2cccc(C#N)c2)ccc1O. The van der Waals surface area contributed by atoms with E-state index in [0.717, 1.165) is 5.56 Å². The fourth-order valence-electron chi connectivity index (χ4n) is 1.92. The standard InChI is InChI=1S/C18H15NO3/c1-2-22-18-11-13(7-9-17(18)21)6-8-16(20)15-5-3-4-14(10-15)12-19/h3-11,21H,2H2,1H3/b8-6+. The summed E-state index contributed by atoms with van der Waals surface area (Å²) in [5.41, 5.74) is 1.65. The molecule has 0 saturated heterocycles. The highest BCUT2D eigenvalue weighted by Gasteiger charge is 2.04. The van der Waals surface area contributed by atoms with Crippen molar-refractivity contribution in [1.29, 1.82) is 5.26 Å². The molecule has 4 heteroatoms. The topological polar surface area (TPSA) is 70.3 Å². The normalized spacial score (nSPS) is 10.4. The van der Waals surface area contributed by atoms with Crippen LogP contribution < -0.4 is 4.74 Å². The summed E-state index contributed by atoms with van der Waals surface area (Å²) in [6, 6.07) is 13.4. The maximum absolute atomic E-state index is 12.1. The van der Waals surface area contributed by atoms with Crippen LogP contribution in [0.5, 0.6) is 11.5 Å². The van der Waals surface area contributed by atoms with E-state index in [4.69, 9.17) is 10.00 Å². The van der Waals surface area contributed by atoms with Crippen LogP contribution in [0.25, 0.3) is 6.08 Å². The first kappa shape index (κ1) is 15.3. The summed E-state index contributed by atoms with van der Waals surface area (Å²) in [4.78, 5) is 12.1. The van der Waals surface area contributed by atoms with Crippen LogP contribution >= 0.6 is 0 Å². The fourth-order valence-corrected chi connectivity index (χ4v) is 1.92. The zero-order valence-corrected chi connectivity index (χ0v) is 12.1. The fraction of sp³-hybridized carbons (Fsp3) is 0.111. The average molecular weight is 293 g/mol. The minimum Gasteiger partial charge on any atom is -0.504 e. The highest BCUT2D eigenvalue weighted by Crippen LogP contribution is 2.27. The first-order valence-corrected chi connectivity index (χ1v) is 6.82. The number of ether oxygens (including phenoxy) is 1. The van der Waals surface area contributed by atoms with Crippen molar-refractivity contribution in [3.63, 3.8) is 0 Å². The van der Waals surface area contributed by atoms with E-state index in [1.54, 1.807) is 42.5 Å². The number of hydrogen-bond donors (Lipinski definition) is 1. The zero-order chi connectivity index (χ0) is 15.9. The molecule has 0 spiro atoms. The van der Waals surface area contributed by atoms with E-state index in [-0.39, 0.29) is 11.5 Å². The summed E-state index contributed by atoms with van der Waals surface area (Å²) >= 11 is 0. The van der Waals surface area contributed by atoms with Crippen molar-refractivity contribution in [1.82, 2.24) is 0 Å². The highest BCUT2D eigenvalue weighted by atomic mass is 16.5. The molecule has 2 aromatic rings. The molecule has 0 aliphatic heterocycles. The first-order chi connectivity index (χ1) is 10.6. The van der Waals surface area contributed by atoms with Gasteiger partial charge in [0.1, 0.15) is 0 Å². The van der Waals surface area contributed by atoms with Crippen molar-refractivity contribution in [2.45, 2.75) is 6.92 Å². The molecule has 0 saturated carbocycles. The summed E-state index contributed by atoms with van der Waals surface area (Å²) in [7, 11) is 0. The van der Waals surface area contributed by atoms with Crippen molar-refractivity contribution in [3.05, 3.63) is 65.2 Å². The number of phenols is 1. The lowest BCUT2D eigenvalue weighted by molar-refractivity contribution is 0.104. The molecule has 0 fully saturated rings. The number of allylic oxidation sites excluding steroid dienone is 1. The zero-order valence-electron chi connectivity index (χ0n) is 12.1. The second-order valence-corrected chi connectivity index (χ2v) is 4.55. The molecule has 0 amide bonds. The molecule has 2 aromatic carbocycles. The molecule has 110 valence electrons. The van der Waals surface area contributed by atoms with Crippen molar-refractivity contribution in [2.75, 3.05) is 6.61 Å². The van der Waals surface area contributed by atoms with E-state index in [1.165, 1.54) is 12.1 Å². The van der Waals surface area contributed by atoms with E-state index in [1.807, 2.05) is 13.0 Å². The van der Waals surface area contributed by atoms with Gasteiger partial charge in [-0.25, -0.2) is 0 Å². The molecule has 0 aliphatic rings. The average Bonchev–Trinajstić information content (AvgIpc) is 2.55. The van der Waals surface area contributed by atoms with Gasteiger partial charge in [0, 0.05) is 5.56 Å². The van der Waals surface area contributed by atoms with Gasteiger partial charge >= 0.3 is 0 Å². The van der Waals surface area contributed by atoms with E-state index >= 15 is 0 Å². The van der Waals surface area contributed by atoms with Gasteiger partial charge in [0.25, 0.3) is 0 Å². The lowest BCUT2D eigenvalue weighted by Gasteiger charge is -2.06. The predicted octanol–water partition coefficient (Wildman–Crippen LogP) is 3.56. The van der Waals surface area contributed by atoms with E-state index in [0.29, 0.717) is 23.5 Å². The Balaban J connectivity index is 2.19. The molecule has 0 aliphatic carbocycles. The number of rotatable bonds is 5. The number of nitrogens with zero attached hydrogens (tertiary/aromatic N) is 1. The quantitative estimate of drug-likeness (QED) is 0.676. The Morgan fingerprint density at radius 3 is 2.86 bits per heavy atom. The van der Waals surface area contributed by atoms with E-state index in [2.05, 4.69) is 0 Å². The molecule has 0 aromatic heterocycles. The summed E-state index contributed by atoms with van der Waals surface area (Å²) in [6.45, 7) is 2.27. The minimum atomic E-state index is -0.192. The number of nitriles is 1. The molecule has 4 nitrogen and oxygen atoms in total. The number of carbonyl (C=O) groups excluding carboxylic acids is 1. The van der Waals surface area contributed by atoms with Crippen LogP contribution in [0.15, 0.2) is 48.5 Å². The van der Waals surface area contributed by atoms with E-state index in [9.17, 15) is 9.90 Å². The summed E-state index contributed by atoms with van der Waals surface area (Å²) < 4.78 is 5.29. The van der Waals surface area contributed by atoms with Crippen molar-refractivity contribution < 1.29 is 14.6 Å². The molecular weight excluding hydrogens is 278 g/mol. The number of aromatic hydroxyl groups is 1. The Morgan fingerprint density at radius 2 is 2.14 bits per heavy atom. The lowest BCUT2D eigenvalue weighted by atomic mass is 10.1. The number of benzene rings is 2. The summed E-state index contributed by atoms with van der Waals surface area (Å²) in [5, 5.41) is 18.5. The smallest absolute Gasteiger partial charge is 0.185 e. The monoisotopic (exact) mass is 293 g/mol. The predicted molar refractivity (Wildman–Crippen MR) is 83.8 cm³/mol. The molecule has 0 bridgehead atoms.